The maximum Gasteiger partial charge on any atom is 0.221 e. The molecule has 0 radical (unpaired) electrons. The molecule has 0 bridgehead atoms. The van der Waals surface area contributed by atoms with E-state index in [-0.39, 0.29) is 18.3 Å². The Morgan fingerprint density at radius 1 is 1.24 bits per heavy atom. The maximum absolute atomic E-state index is 10.9. The summed E-state index contributed by atoms with van der Waals surface area (Å²) >= 11 is 0. The van der Waals surface area contributed by atoms with Crippen LogP contribution in [-0.2, 0) is 4.79 Å². The van der Waals surface area contributed by atoms with Crippen LogP contribution in [-0.4, -0.2) is 10.9 Å². The molecule has 5 heteroatoms. The van der Waals surface area contributed by atoms with Gasteiger partial charge in [-0.3, -0.25) is 9.78 Å². The molecule has 0 aliphatic heterocycles. The number of benzene rings is 1. The molecule has 0 saturated carbocycles. The molecule has 2 aromatic rings. The number of hydrogen-bond donors (Lipinski definition) is 1. The van der Waals surface area contributed by atoms with Crippen LogP contribution in [0.2, 0.25) is 0 Å². The minimum Gasteiger partial charge on any atom is -0.326 e. The summed E-state index contributed by atoms with van der Waals surface area (Å²) in [5, 5.41) is 11.9. The van der Waals surface area contributed by atoms with Crippen molar-refractivity contribution in [2.24, 2.45) is 0 Å². The topological polar surface area (TPSA) is 65.8 Å². The fourth-order valence-electron chi connectivity index (χ4n) is 1.72. The summed E-state index contributed by atoms with van der Waals surface area (Å²) in [6, 6.07) is 14.8. The van der Waals surface area contributed by atoms with E-state index in [4.69, 9.17) is 0 Å². The van der Waals surface area contributed by atoms with E-state index >= 15 is 0 Å². The lowest BCUT2D eigenvalue weighted by molar-refractivity contribution is -0.114. The second-order valence-electron chi connectivity index (χ2n) is 4.19. The molecule has 4 nitrogen and oxygen atoms in total. The third-order valence-electron chi connectivity index (χ3n) is 2.60. The Hall–Kier alpha value is -2.64. The zero-order chi connectivity index (χ0) is 14.4. The number of rotatable bonds is 3. The molecule has 1 aromatic heterocycles. The number of pyridine rings is 1. The van der Waals surface area contributed by atoms with Gasteiger partial charge < -0.3 is 5.32 Å². The molecule has 0 fully saturated rings. The van der Waals surface area contributed by atoms with Crippen LogP contribution >= 0.6 is 12.4 Å². The third kappa shape index (κ3) is 4.75. The highest BCUT2D eigenvalue weighted by molar-refractivity contribution is 5.90. The second-order valence-corrected chi connectivity index (χ2v) is 4.19. The number of nitrogens with one attached hydrogen (secondary N) is 1. The van der Waals surface area contributed by atoms with Crippen molar-refractivity contribution in [2.45, 2.75) is 6.92 Å². The van der Waals surface area contributed by atoms with E-state index in [9.17, 15) is 10.1 Å². The quantitative estimate of drug-likeness (QED) is 0.882. The zero-order valence-electron chi connectivity index (χ0n) is 11.4. The summed E-state index contributed by atoms with van der Waals surface area (Å²) in [6.45, 7) is 1.46. The first-order valence-electron chi connectivity index (χ1n) is 6.10. The number of carbonyl (C=O) groups excluding carboxylic acids is 1. The van der Waals surface area contributed by atoms with Crippen LogP contribution in [0.25, 0.3) is 11.6 Å². The van der Waals surface area contributed by atoms with E-state index in [2.05, 4.69) is 16.4 Å². The molecule has 1 aromatic carbocycles. The summed E-state index contributed by atoms with van der Waals surface area (Å²) in [4.78, 5) is 15.1. The Morgan fingerprint density at radius 2 is 1.95 bits per heavy atom. The van der Waals surface area contributed by atoms with Crippen molar-refractivity contribution in [1.82, 2.24) is 4.98 Å². The first kappa shape index (κ1) is 16.4. The number of nitriles is 1. The summed E-state index contributed by atoms with van der Waals surface area (Å²) < 4.78 is 0. The number of anilines is 1. The summed E-state index contributed by atoms with van der Waals surface area (Å²) in [5.74, 6) is -0.112. The Kier molecular flexibility index (Phi) is 6.12. The van der Waals surface area contributed by atoms with Gasteiger partial charge in [-0.25, -0.2) is 0 Å². The van der Waals surface area contributed by atoms with Gasteiger partial charge in [-0.05, 0) is 35.9 Å². The van der Waals surface area contributed by atoms with Crippen LogP contribution in [0, 0.1) is 11.3 Å². The second kappa shape index (κ2) is 7.83. The zero-order valence-corrected chi connectivity index (χ0v) is 12.2. The number of amides is 1. The summed E-state index contributed by atoms with van der Waals surface area (Å²) in [7, 11) is 0. The first-order chi connectivity index (χ1) is 9.69. The minimum atomic E-state index is -0.112. The van der Waals surface area contributed by atoms with Gasteiger partial charge in [0.1, 0.15) is 6.07 Å². The van der Waals surface area contributed by atoms with Gasteiger partial charge in [-0.2, -0.15) is 5.26 Å². The number of carbonyl (C=O) groups is 1. The minimum absolute atomic E-state index is 0. The predicted octanol–water partition coefficient (Wildman–Crippen LogP) is 3.53. The van der Waals surface area contributed by atoms with Crippen LogP contribution < -0.4 is 5.32 Å². The Bertz CT molecular complexity index is 673. The van der Waals surface area contributed by atoms with E-state index in [1.807, 2.05) is 18.2 Å². The number of nitrogens with zero attached hydrogens (tertiary/aromatic N) is 2. The molecule has 2 rings (SSSR count). The molecule has 1 N–H and O–H groups in total. The van der Waals surface area contributed by atoms with Gasteiger partial charge in [-0.1, -0.05) is 18.2 Å². The first-order valence-corrected chi connectivity index (χ1v) is 6.10. The molecular formula is C16H14ClN3O. The predicted molar refractivity (Wildman–Crippen MR) is 85.7 cm³/mol. The Balaban J connectivity index is 0.00000220. The maximum atomic E-state index is 10.9. The van der Waals surface area contributed by atoms with E-state index in [0.29, 0.717) is 11.3 Å². The molecule has 0 atom stereocenters. The molecule has 1 heterocycles. The van der Waals surface area contributed by atoms with Gasteiger partial charge in [-0.15, -0.1) is 12.4 Å². The van der Waals surface area contributed by atoms with Crippen molar-refractivity contribution in [2.75, 3.05) is 5.32 Å². The Morgan fingerprint density at radius 3 is 2.48 bits per heavy atom. The number of halogens is 1. The highest BCUT2D eigenvalue weighted by Crippen LogP contribution is 2.17. The molecule has 0 saturated heterocycles. The molecule has 1 amide bonds. The third-order valence-corrected chi connectivity index (χ3v) is 2.60. The van der Waals surface area contributed by atoms with Crippen molar-refractivity contribution in [3.8, 4) is 6.07 Å². The number of allylic oxidation sites excluding steroid dienone is 1. The molecule has 0 aliphatic rings. The molecule has 0 aliphatic carbocycles. The standard InChI is InChI=1S/C16H13N3O.ClH/c1-12(20)19-15-7-5-13(6-8-15)10-14(11-17)16-4-2-3-9-18-16;/h2-10H,1H3,(H,19,20);1H/b14-10+;. The van der Waals surface area contributed by atoms with Gasteiger partial charge in [0.15, 0.2) is 0 Å². The molecule has 0 unspecified atom stereocenters. The van der Waals surface area contributed by atoms with Gasteiger partial charge >= 0.3 is 0 Å². The molecule has 21 heavy (non-hydrogen) atoms. The van der Waals surface area contributed by atoms with Crippen molar-refractivity contribution >= 4 is 35.7 Å². The monoisotopic (exact) mass is 299 g/mol. The number of hydrogen-bond acceptors (Lipinski definition) is 3. The smallest absolute Gasteiger partial charge is 0.221 e. The average Bonchev–Trinajstić information content (AvgIpc) is 2.47. The lowest BCUT2D eigenvalue weighted by Gasteiger charge is -2.02. The van der Waals surface area contributed by atoms with Crippen molar-refractivity contribution in [3.05, 3.63) is 59.9 Å². The van der Waals surface area contributed by atoms with Crippen LogP contribution in [0.5, 0.6) is 0 Å². The van der Waals surface area contributed by atoms with Crippen LogP contribution in [0.1, 0.15) is 18.2 Å². The van der Waals surface area contributed by atoms with Crippen molar-refractivity contribution < 1.29 is 4.79 Å². The van der Waals surface area contributed by atoms with Crippen LogP contribution in [0.15, 0.2) is 48.7 Å². The van der Waals surface area contributed by atoms with Gasteiger partial charge in [0, 0.05) is 18.8 Å². The van der Waals surface area contributed by atoms with E-state index in [1.165, 1.54) is 6.92 Å². The summed E-state index contributed by atoms with van der Waals surface area (Å²) in [6.07, 6.45) is 3.42. The Labute approximate surface area is 129 Å². The number of aromatic nitrogens is 1. The van der Waals surface area contributed by atoms with E-state index in [0.717, 1.165) is 11.3 Å². The fraction of sp³-hybridized carbons (Fsp3) is 0.0625. The highest BCUT2D eigenvalue weighted by atomic mass is 35.5. The van der Waals surface area contributed by atoms with Gasteiger partial charge in [0.2, 0.25) is 5.91 Å². The average molecular weight is 300 g/mol. The van der Waals surface area contributed by atoms with Crippen LogP contribution in [0.4, 0.5) is 5.69 Å². The molecule has 106 valence electrons. The molecule has 0 spiro atoms. The van der Waals surface area contributed by atoms with Gasteiger partial charge in [0.25, 0.3) is 0 Å². The lowest BCUT2D eigenvalue weighted by atomic mass is 10.1. The van der Waals surface area contributed by atoms with Crippen LogP contribution in [0.3, 0.4) is 0 Å². The van der Waals surface area contributed by atoms with E-state index < -0.39 is 0 Å². The molecular weight excluding hydrogens is 286 g/mol. The lowest BCUT2D eigenvalue weighted by Crippen LogP contribution is -2.05. The largest absolute Gasteiger partial charge is 0.326 e. The summed E-state index contributed by atoms with van der Waals surface area (Å²) in [5.41, 5.74) is 2.74. The van der Waals surface area contributed by atoms with Crippen molar-refractivity contribution in [3.63, 3.8) is 0 Å². The normalized spacial score (nSPS) is 10.2. The van der Waals surface area contributed by atoms with E-state index in [1.54, 1.807) is 36.5 Å². The van der Waals surface area contributed by atoms with Crippen molar-refractivity contribution in [1.29, 1.82) is 5.26 Å². The highest BCUT2D eigenvalue weighted by Gasteiger charge is 2.02. The van der Waals surface area contributed by atoms with Gasteiger partial charge in [0.05, 0.1) is 11.3 Å². The fourth-order valence-corrected chi connectivity index (χ4v) is 1.72. The SMILES string of the molecule is CC(=O)Nc1ccc(/C=C(\C#N)c2ccccn2)cc1.Cl.